The van der Waals surface area contributed by atoms with Gasteiger partial charge in [0.15, 0.2) is 6.35 Å². The highest BCUT2D eigenvalue weighted by Crippen LogP contribution is 2.47. The molecule has 0 aliphatic carbocycles. The summed E-state index contributed by atoms with van der Waals surface area (Å²) in [5.41, 5.74) is 0.961. The number of esters is 1. The van der Waals surface area contributed by atoms with Crippen molar-refractivity contribution in [1.29, 1.82) is 0 Å². The lowest BCUT2D eigenvalue weighted by molar-refractivity contribution is -0.384. The van der Waals surface area contributed by atoms with Gasteiger partial charge >= 0.3 is 13.6 Å². The summed E-state index contributed by atoms with van der Waals surface area (Å²) in [6.07, 6.45) is -0.293. The Kier molecular flexibility index (Phi) is 11.9. The number of thiocarbonyl (C=S) groups is 1. The van der Waals surface area contributed by atoms with Gasteiger partial charge in [-0.05, 0) is 19.4 Å². The highest BCUT2D eigenvalue weighted by molar-refractivity contribution is 8.46. The van der Waals surface area contributed by atoms with Crippen LogP contribution in [0, 0.1) is 10.1 Å². The molecule has 0 atom stereocenters. The summed E-state index contributed by atoms with van der Waals surface area (Å²) in [5, 5.41) is 10.6. The van der Waals surface area contributed by atoms with E-state index < -0.39 is 24.8 Å². The van der Waals surface area contributed by atoms with Crippen LogP contribution in [0.1, 0.15) is 25.8 Å². The normalized spacial score (nSPS) is 11.2. The van der Waals surface area contributed by atoms with E-state index in [1.165, 1.54) is 35.7 Å². The van der Waals surface area contributed by atoms with Gasteiger partial charge in [-0.1, -0.05) is 24.4 Å². The summed E-state index contributed by atoms with van der Waals surface area (Å²) in [6.45, 7) is 3.76. The zero-order valence-electron chi connectivity index (χ0n) is 15.5. The van der Waals surface area contributed by atoms with Gasteiger partial charge in [0.05, 0.1) is 24.6 Å². The Labute approximate surface area is 177 Å². The lowest BCUT2D eigenvalue weighted by Crippen LogP contribution is -2.10. The molecule has 1 aromatic carbocycles. The average Bonchev–Trinajstić information content (AvgIpc) is 2.65. The van der Waals surface area contributed by atoms with Gasteiger partial charge in [0, 0.05) is 23.6 Å². The second-order valence-electron chi connectivity index (χ2n) is 5.15. The molecule has 0 radical (unpaired) electrons. The summed E-state index contributed by atoms with van der Waals surface area (Å²) in [6, 6.07) is 6.27. The molecule has 0 N–H and O–H groups in total. The van der Waals surface area contributed by atoms with Crippen LogP contribution in [-0.4, -0.2) is 39.7 Å². The maximum absolute atomic E-state index is 12.2. The van der Waals surface area contributed by atoms with Gasteiger partial charge in [0.25, 0.3) is 5.69 Å². The van der Waals surface area contributed by atoms with Crippen molar-refractivity contribution in [2.75, 3.05) is 25.3 Å². The Morgan fingerprint density at radius 3 is 2.32 bits per heavy atom. The summed E-state index contributed by atoms with van der Waals surface area (Å²) in [5.74, 6) is 0.508. The predicted molar refractivity (Wildman–Crippen MR) is 116 cm³/mol. The first kappa shape index (κ1) is 25.1. The van der Waals surface area contributed by atoms with Crippen molar-refractivity contribution in [3.63, 3.8) is 0 Å². The smallest absolute Gasteiger partial charge is 0.367 e. The number of ether oxygens (including phenoxy) is 1. The van der Waals surface area contributed by atoms with E-state index in [2.05, 4.69) is 0 Å². The number of thioether (sulfide) groups is 2. The molecule has 0 fully saturated rings. The third kappa shape index (κ3) is 9.99. The Morgan fingerprint density at radius 2 is 1.79 bits per heavy atom. The molecular formula is C16H22NO7PS3. The Bertz CT molecular complexity index is 705. The summed E-state index contributed by atoms with van der Waals surface area (Å²) < 4.78 is 27.9. The lowest BCUT2D eigenvalue weighted by Gasteiger charge is -2.16. The van der Waals surface area contributed by atoms with Crippen molar-refractivity contribution in [2.45, 2.75) is 26.0 Å². The van der Waals surface area contributed by atoms with Gasteiger partial charge in [-0.15, -0.1) is 23.5 Å². The number of non-ortho nitro benzene ring substituents is 1. The number of hydrogen-bond acceptors (Lipinski definition) is 10. The first-order chi connectivity index (χ1) is 13.3. The number of nitrogens with zero attached hydrogens (tertiary/aromatic N) is 1. The van der Waals surface area contributed by atoms with Gasteiger partial charge in [-0.25, -0.2) is 0 Å². The predicted octanol–water partition coefficient (Wildman–Crippen LogP) is 5.00. The lowest BCUT2D eigenvalue weighted by atomic mass is 10.2. The molecule has 0 aliphatic heterocycles. The Balaban J connectivity index is 2.27. The number of benzene rings is 1. The van der Waals surface area contributed by atoms with Crippen molar-refractivity contribution in [3.8, 4) is 0 Å². The second-order valence-corrected chi connectivity index (χ2v) is 10.4. The zero-order chi connectivity index (χ0) is 21.0. The van der Waals surface area contributed by atoms with E-state index in [1.54, 1.807) is 26.0 Å². The quantitative estimate of drug-likeness (QED) is 0.137. The molecule has 8 nitrogen and oxygen atoms in total. The van der Waals surface area contributed by atoms with E-state index in [1.807, 2.05) is 0 Å². The summed E-state index contributed by atoms with van der Waals surface area (Å²) in [4.78, 5) is 22.0. The van der Waals surface area contributed by atoms with E-state index in [0.29, 0.717) is 15.0 Å². The molecule has 0 heterocycles. The molecule has 1 aromatic rings. The van der Waals surface area contributed by atoms with Gasteiger partial charge in [-0.3, -0.25) is 19.5 Å². The summed E-state index contributed by atoms with van der Waals surface area (Å²) in [7, 11) is -3.40. The summed E-state index contributed by atoms with van der Waals surface area (Å²) >= 11 is 8.00. The molecular weight excluding hydrogens is 445 g/mol. The van der Waals surface area contributed by atoms with E-state index in [4.69, 9.17) is 26.0 Å². The van der Waals surface area contributed by atoms with Crippen molar-refractivity contribution in [1.82, 2.24) is 0 Å². The third-order valence-electron chi connectivity index (χ3n) is 3.07. The molecule has 12 heteroatoms. The van der Waals surface area contributed by atoms with E-state index >= 15 is 0 Å². The minimum Gasteiger partial charge on any atom is -0.453 e. The zero-order valence-corrected chi connectivity index (χ0v) is 18.9. The number of carbonyl (C=O) groups excluding carboxylic acids is 1. The topological polar surface area (TPSA) is 105 Å². The van der Waals surface area contributed by atoms with Crippen molar-refractivity contribution in [3.05, 3.63) is 39.9 Å². The standard InChI is InChI=1S/C16H22NO7PS3/c1-3-23-25(21,24-4-2)12-22-15(18)9-10-27-16(26)28-11-13-5-7-14(8-6-13)17(19)20/h5-8H,3-4,9-12H2,1-2H3. The molecule has 0 aliphatic rings. The molecule has 28 heavy (non-hydrogen) atoms. The van der Waals surface area contributed by atoms with E-state index in [-0.39, 0.29) is 25.3 Å². The second kappa shape index (κ2) is 13.3. The fourth-order valence-electron chi connectivity index (χ4n) is 1.84. The molecule has 0 spiro atoms. The monoisotopic (exact) mass is 467 g/mol. The number of rotatable bonds is 12. The molecule has 156 valence electrons. The van der Waals surface area contributed by atoms with Crippen LogP contribution < -0.4 is 0 Å². The molecule has 0 unspecified atom stereocenters. The number of nitro groups is 1. The largest absolute Gasteiger partial charge is 0.453 e. The molecule has 0 saturated carbocycles. The minimum atomic E-state index is -3.40. The number of nitro benzene ring substituents is 1. The molecule has 1 rings (SSSR count). The van der Waals surface area contributed by atoms with Crippen molar-refractivity contribution >= 4 is 58.5 Å². The fourth-order valence-corrected chi connectivity index (χ4v) is 5.26. The van der Waals surface area contributed by atoms with Crippen molar-refractivity contribution in [2.24, 2.45) is 0 Å². The van der Waals surface area contributed by atoms with Crippen LogP contribution in [0.4, 0.5) is 5.69 Å². The van der Waals surface area contributed by atoms with Crippen LogP contribution in [0.2, 0.25) is 0 Å². The number of hydrogen-bond donors (Lipinski definition) is 0. The average molecular weight is 468 g/mol. The Morgan fingerprint density at radius 1 is 1.18 bits per heavy atom. The van der Waals surface area contributed by atoms with Crippen LogP contribution >= 0.6 is 43.3 Å². The minimum absolute atomic E-state index is 0.0439. The molecule has 0 bridgehead atoms. The maximum Gasteiger partial charge on any atom is 0.367 e. The first-order valence-electron chi connectivity index (χ1n) is 8.36. The van der Waals surface area contributed by atoms with Gasteiger partial charge in [0.1, 0.15) is 3.53 Å². The van der Waals surface area contributed by atoms with Crippen molar-refractivity contribution < 1.29 is 28.1 Å². The molecule has 0 saturated heterocycles. The van der Waals surface area contributed by atoms with Crippen LogP contribution in [0.5, 0.6) is 0 Å². The van der Waals surface area contributed by atoms with Gasteiger partial charge < -0.3 is 13.8 Å². The van der Waals surface area contributed by atoms with Gasteiger partial charge in [-0.2, -0.15) is 0 Å². The third-order valence-corrected chi connectivity index (χ3v) is 7.59. The van der Waals surface area contributed by atoms with E-state index in [0.717, 1.165) is 5.56 Å². The highest BCUT2D eigenvalue weighted by atomic mass is 32.2. The number of carbonyl (C=O) groups is 1. The van der Waals surface area contributed by atoms with E-state index in [9.17, 15) is 19.5 Å². The van der Waals surface area contributed by atoms with Crippen LogP contribution in [0.25, 0.3) is 0 Å². The fraction of sp³-hybridized carbons (Fsp3) is 0.500. The Hall–Kier alpha value is -0.970. The SMILES string of the molecule is CCOP(=O)(COC(=O)CCSC(=S)SCc1ccc([N+](=O)[O-])cc1)OCC. The first-order valence-corrected chi connectivity index (χ1v) is 12.5. The molecule has 0 aromatic heterocycles. The maximum atomic E-state index is 12.2. The van der Waals surface area contributed by atoms with Crippen LogP contribution in [-0.2, 0) is 28.9 Å². The van der Waals surface area contributed by atoms with Crippen LogP contribution in [0.15, 0.2) is 24.3 Å². The van der Waals surface area contributed by atoms with Gasteiger partial charge in [0.2, 0.25) is 0 Å². The highest BCUT2D eigenvalue weighted by Gasteiger charge is 2.25. The van der Waals surface area contributed by atoms with Crippen LogP contribution in [0.3, 0.4) is 0 Å². The molecule has 0 amide bonds.